The van der Waals surface area contributed by atoms with Crippen molar-refractivity contribution in [1.82, 2.24) is 0 Å². The first-order valence-corrected chi connectivity index (χ1v) is 7.14. The first kappa shape index (κ1) is 13.8. The van der Waals surface area contributed by atoms with Gasteiger partial charge in [0.25, 0.3) is 0 Å². The Balaban J connectivity index is 1.97. The third-order valence-electron chi connectivity index (χ3n) is 2.46. The van der Waals surface area contributed by atoms with Gasteiger partial charge in [0.2, 0.25) is 0 Å². The Bertz CT molecular complexity index is 524. The molecule has 19 heavy (non-hydrogen) atoms. The molecule has 0 aliphatic heterocycles. The van der Waals surface area contributed by atoms with Crippen molar-refractivity contribution in [3.8, 4) is 0 Å². The average Bonchev–Trinajstić information content (AvgIpc) is 2.45. The van der Waals surface area contributed by atoms with Crippen molar-refractivity contribution in [2.45, 2.75) is 18.1 Å². The zero-order chi connectivity index (χ0) is 13.5. The fraction of sp³-hybridized carbons (Fsp3) is 0.200. The van der Waals surface area contributed by atoms with Crippen molar-refractivity contribution >= 4 is 23.1 Å². The molecule has 1 unspecified atom stereocenters. The number of thioether (sulfide) groups is 1. The van der Waals surface area contributed by atoms with Crippen LogP contribution in [0, 0.1) is 0 Å². The highest BCUT2D eigenvalue weighted by Gasteiger charge is 1.98. The highest BCUT2D eigenvalue weighted by atomic mass is 32.2. The van der Waals surface area contributed by atoms with E-state index in [1.54, 1.807) is 6.92 Å². The maximum Gasteiger partial charge on any atom is 0.0967 e. The van der Waals surface area contributed by atoms with Gasteiger partial charge < -0.3 is 5.11 Å². The summed E-state index contributed by atoms with van der Waals surface area (Å²) in [6.07, 6.45) is 0. The van der Waals surface area contributed by atoms with Gasteiger partial charge in [-0.2, -0.15) is 10.2 Å². The quantitative estimate of drug-likeness (QED) is 0.634. The number of nitrogens with zero attached hydrogens (tertiary/aromatic N) is 2. The summed E-state index contributed by atoms with van der Waals surface area (Å²) in [5.41, 5.74) is 2.51. The van der Waals surface area contributed by atoms with Crippen LogP contribution in [0.15, 0.2) is 64.8 Å². The number of hydrogen-bond acceptors (Lipinski definition) is 4. The predicted molar refractivity (Wildman–Crippen MR) is 80.0 cm³/mol. The summed E-state index contributed by atoms with van der Waals surface area (Å²) in [6.45, 7) is 1.77. The third-order valence-corrected chi connectivity index (χ3v) is 3.45. The average molecular weight is 272 g/mol. The zero-order valence-corrected chi connectivity index (χ0v) is 11.5. The van der Waals surface area contributed by atoms with Crippen LogP contribution in [0.25, 0.3) is 0 Å². The molecule has 1 N–H and O–H groups in total. The fourth-order valence-corrected chi connectivity index (χ4v) is 2.11. The molecule has 4 heteroatoms. The molecule has 0 aliphatic rings. The van der Waals surface area contributed by atoms with Gasteiger partial charge in [0.05, 0.1) is 16.8 Å². The molecule has 2 aromatic carbocycles. The van der Waals surface area contributed by atoms with E-state index in [0.29, 0.717) is 0 Å². The van der Waals surface area contributed by atoms with Gasteiger partial charge in [0.15, 0.2) is 0 Å². The second-order valence-electron chi connectivity index (χ2n) is 4.11. The van der Waals surface area contributed by atoms with Crippen molar-refractivity contribution in [2.75, 3.05) is 0 Å². The number of benzene rings is 2. The number of aliphatic hydroxyl groups is 1. The molecular formula is C15H16N2OS. The van der Waals surface area contributed by atoms with E-state index in [1.807, 2.05) is 54.6 Å². The monoisotopic (exact) mass is 272 g/mol. The van der Waals surface area contributed by atoms with E-state index in [2.05, 4.69) is 10.2 Å². The number of azo groups is 1. The normalized spacial score (nSPS) is 12.7. The first-order chi connectivity index (χ1) is 9.24. The van der Waals surface area contributed by atoms with E-state index in [1.165, 1.54) is 17.3 Å². The second-order valence-corrected chi connectivity index (χ2v) is 5.42. The van der Waals surface area contributed by atoms with E-state index in [-0.39, 0.29) is 5.44 Å². The molecule has 0 saturated heterocycles. The molecule has 2 aromatic rings. The van der Waals surface area contributed by atoms with Gasteiger partial charge in [0.1, 0.15) is 0 Å². The summed E-state index contributed by atoms with van der Waals surface area (Å²) in [7, 11) is 0. The summed E-state index contributed by atoms with van der Waals surface area (Å²) in [5.74, 6) is 0.799. The molecule has 0 radical (unpaired) electrons. The smallest absolute Gasteiger partial charge is 0.0967 e. The van der Waals surface area contributed by atoms with Gasteiger partial charge in [-0.15, -0.1) is 11.8 Å². The molecule has 98 valence electrons. The molecule has 0 saturated carbocycles. The standard InChI is InChI=1S/C15H16N2OS/c1-12(18)19-11-13-7-9-15(10-8-13)17-16-14-5-3-2-4-6-14/h2-10,12,18H,11H2,1H3. The molecule has 0 bridgehead atoms. The van der Waals surface area contributed by atoms with Crippen molar-refractivity contribution < 1.29 is 5.11 Å². The van der Waals surface area contributed by atoms with E-state index in [0.717, 1.165) is 17.1 Å². The van der Waals surface area contributed by atoms with E-state index in [4.69, 9.17) is 0 Å². The van der Waals surface area contributed by atoms with Crippen LogP contribution >= 0.6 is 11.8 Å². The summed E-state index contributed by atoms with van der Waals surface area (Å²) in [6, 6.07) is 17.5. The van der Waals surface area contributed by atoms with Gasteiger partial charge in [0, 0.05) is 5.75 Å². The van der Waals surface area contributed by atoms with E-state index in [9.17, 15) is 5.11 Å². The van der Waals surface area contributed by atoms with E-state index >= 15 is 0 Å². The molecule has 2 rings (SSSR count). The lowest BCUT2D eigenvalue weighted by Crippen LogP contribution is -1.92. The Morgan fingerprint density at radius 2 is 1.53 bits per heavy atom. The predicted octanol–water partition coefficient (Wildman–Crippen LogP) is 4.67. The highest BCUT2D eigenvalue weighted by Crippen LogP contribution is 2.21. The molecule has 0 spiro atoms. The van der Waals surface area contributed by atoms with Crippen LogP contribution in [0.4, 0.5) is 11.4 Å². The highest BCUT2D eigenvalue weighted by molar-refractivity contribution is 7.98. The van der Waals surface area contributed by atoms with Crippen LogP contribution in [-0.4, -0.2) is 10.5 Å². The van der Waals surface area contributed by atoms with Crippen LogP contribution in [0.2, 0.25) is 0 Å². The van der Waals surface area contributed by atoms with Gasteiger partial charge in [-0.25, -0.2) is 0 Å². The minimum Gasteiger partial charge on any atom is -0.383 e. The van der Waals surface area contributed by atoms with Crippen LogP contribution < -0.4 is 0 Å². The van der Waals surface area contributed by atoms with Crippen molar-refractivity contribution in [3.05, 3.63) is 60.2 Å². The molecule has 3 nitrogen and oxygen atoms in total. The van der Waals surface area contributed by atoms with Crippen LogP contribution in [0.3, 0.4) is 0 Å². The maximum absolute atomic E-state index is 9.21. The fourth-order valence-electron chi connectivity index (χ4n) is 1.49. The minimum atomic E-state index is -0.336. The van der Waals surface area contributed by atoms with Gasteiger partial charge >= 0.3 is 0 Å². The van der Waals surface area contributed by atoms with Crippen LogP contribution in [0.1, 0.15) is 12.5 Å². The molecule has 0 aromatic heterocycles. The summed E-state index contributed by atoms with van der Waals surface area (Å²) < 4.78 is 0. The molecule has 0 aliphatic carbocycles. The Morgan fingerprint density at radius 1 is 0.947 bits per heavy atom. The van der Waals surface area contributed by atoms with Crippen molar-refractivity contribution in [3.63, 3.8) is 0 Å². The molecule has 0 heterocycles. The third kappa shape index (κ3) is 4.85. The maximum atomic E-state index is 9.21. The van der Waals surface area contributed by atoms with Crippen LogP contribution in [0.5, 0.6) is 0 Å². The Hall–Kier alpha value is -1.65. The number of hydrogen-bond donors (Lipinski definition) is 1. The minimum absolute atomic E-state index is 0.336. The second kappa shape index (κ2) is 7.07. The SMILES string of the molecule is CC(O)SCc1ccc(N=Nc2ccccc2)cc1. The lowest BCUT2D eigenvalue weighted by atomic mass is 10.2. The lowest BCUT2D eigenvalue weighted by Gasteiger charge is -2.03. The largest absolute Gasteiger partial charge is 0.383 e. The zero-order valence-electron chi connectivity index (χ0n) is 10.7. The molecule has 1 atom stereocenters. The van der Waals surface area contributed by atoms with Gasteiger partial charge in [-0.1, -0.05) is 30.3 Å². The number of aliphatic hydroxyl groups excluding tert-OH is 1. The number of rotatable bonds is 5. The Kier molecular flexibility index (Phi) is 5.12. The van der Waals surface area contributed by atoms with Crippen molar-refractivity contribution in [2.24, 2.45) is 10.2 Å². The summed E-state index contributed by atoms with van der Waals surface area (Å²) in [5, 5.41) is 17.5. The Labute approximate surface area is 117 Å². The van der Waals surface area contributed by atoms with E-state index < -0.39 is 0 Å². The first-order valence-electron chi connectivity index (χ1n) is 6.09. The summed E-state index contributed by atoms with van der Waals surface area (Å²) >= 11 is 1.50. The topological polar surface area (TPSA) is 45.0 Å². The summed E-state index contributed by atoms with van der Waals surface area (Å²) in [4.78, 5) is 0. The Morgan fingerprint density at radius 3 is 2.11 bits per heavy atom. The lowest BCUT2D eigenvalue weighted by molar-refractivity contribution is 0.284. The van der Waals surface area contributed by atoms with Crippen molar-refractivity contribution in [1.29, 1.82) is 0 Å². The van der Waals surface area contributed by atoms with Gasteiger partial charge in [-0.05, 0) is 36.8 Å². The molecular weight excluding hydrogens is 256 g/mol. The molecule has 0 fully saturated rings. The molecule has 0 amide bonds. The van der Waals surface area contributed by atoms with Crippen LogP contribution in [-0.2, 0) is 5.75 Å². The van der Waals surface area contributed by atoms with Gasteiger partial charge in [-0.3, -0.25) is 0 Å².